The highest BCUT2D eigenvalue weighted by atomic mass is 32.2. The molecule has 0 aromatic carbocycles. The molecule has 0 amide bonds. The van der Waals surface area contributed by atoms with Gasteiger partial charge in [-0.2, -0.15) is 13.2 Å². The van der Waals surface area contributed by atoms with Gasteiger partial charge in [-0.1, -0.05) is 0 Å². The zero-order chi connectivity index (χ0) is 11.6. The molecular formula is C7H14F3NO2S. The zero-order valence-electron chi connectivity index (χ0n) is 8.30. The number of sulfonamides is 1. The lowest BCUT2D eigenvalue weighted by Crippen LogP contribution is -2.35. The maximum atomic E-state index is 11.8. The summed E-state index contributed by atoms with van der Waals surface area (Å²) in [5.74, 6) is 0. The van der Waals surface area contributed by atoms with E-state index in [1.165, 1.54) is 13.8 Å². The molecule has 0 heterocycles. The van der Waals surface area contributed by atoms with E-state index in [-0.39, 0.29) is 0 Å². The molecule has 86 valence electrons. The third-order valence-corrected chi connectivity index (χ3v) is 3.98. The molecule has 0 saturated heterocycles. The normalized spacial score (nSPS) is 14.0. The van der Waals surface area contributed by atoms with Crippen molar-refractivity contribution in [3.8, 4) is 0 Å². The van der Waals surface area contributed by atoms with Crippen molar-refractivity contribution < 1.29 is 21.6 Å². The summed E-state index contributed by atoms with van der Waals surface area (Å²) < 4.78 is 58.7. The van der Waals surface area contributed by atoms with Crippen LogP contribution in [0.2, 0.25) is 0 Å². The number of halogens is 3. The number of alkyl halides is 3. The van der Waals surface area contributed by atoms with E-state index in [1.807, 2.05) is 0 Å². The minimum atomic E-state index is -4.32. The Bertz CT molecular complexity index is 271. The second kappa shape index (κ2) is 4.48. The van der Waals surface area contributed by atoms with Crippen molar-refractivity contribution in [2.75, 3.05) is 13.6 Å². The van der Waals surface area contributed by atoms with E-state index in [1.54, 1.807) is 0 Å². The molecule has 0 rings (SSSR count). The van der Waals surface area contributed by atoms with Crippen LogP contribution in [0.4, 0.5) is 13.2 Å². The van der Waals surface area contributed by atoms with Gasteiger partial charge in [0, 0.05) is 13.6 Å². The van der Waals surface area contributed by atoms with Gasteiger partial charge in [-0.05, 0) is 13.8 Å². The second-order valence-corrected chi connectivity index (χ2v) is 5.88. The topological polar surface area (TPSA) is 37.4 Å². The highest BCUT2D eigenvalue weighted by Crippen LogP contribution is 2.20. The van der Waals surface area contributed by atoms with Crippen LogP contribution in [0.5, 0.6) is 0 Å². The van der Waals surface area contributed by atoms with Gasteiger partial charge in [-0.3, -0.25) is 0 Å². The average molecular weight is 233 g/mol. The number of hydrogen-bond donors (Lipinski definition) is 0. The SMILES string of the molecule is CC(C)S(=O)(=O)N(C)CCC(F)(F)F. The van der Waals surface area contributed by atoms with Gasteiger partial charge in [0.25, 0.3) is 0 Å². The smallest absolute Gasteiger partial charge is 0.212 e. The van der Waals surface area contributed by atoms with Crippen LogP contribution in [-0.2, 0) is 10.0 Å². The Hall–Kier alpha value is -0.300. The van der Waals surface area contributed by atoms with Gasteiger partial charge in [-0.15, -0.1) is 0 Å². The van der Waals surface area contributed by atoms with E-state index in [0.717, 1.165) is 11.4 Å². The average Bonchev–Trinajstić information content (AvgIpc) is 1.98. The Kier molecular flexibility index (Phi) is 4.38. The van der Waals surface area contributed by atoms with Gasteiger partial charge in [0.15, 0.2) is 0 Å². The Balaban J connectivity index is 4.30. The molecule has 7 heteroatoms. The van der Waals surface area contributed by atoms with Gasteiger partial charge in [0.2, 0.25) is 10.0 Å². The summed E-state index contributed by atoms with van der Waals surface area (Å²) in [6.07, 6.45) is -5.43. The Morgan fingerprint density at radius 2 is 1.71 bits per heavy atom. The number of rotatable bonds is 4. The van der Waals surface area contributed by atoms with E-state index in [4.69, 9.17) is 0 Å². The number of nitrogens with zero attached hydrogens (tertiary/aromatic N) is 1. The number of hydrogen-bond acceptors (Lipinski definition) is 2. The molecule has 0 aliphatic rings. The fourth-order valence-electron chi connectivity index (χ4n) is 0.771. The third kappa shape index (κ3) is 4.28. The zero-order valence-corrected chi connectivity index (χ0v) is 9.11. The van der Waals surface area contributed by atoms with Crippen LogP contribution < -0.4 is 0 Å². The lowest BCUT2D eigenvalue weighted by atomic mass is 10.4. The maximum absolute atomic E-state index is 11.8. The van der Waals surface area contributed by atoms with Crippen LogP contribution in [0.15, 0.2) is 0 Å². The highest BCUT2D eigenvalue weighted by Gasteiger charge is 2.30. The Labute approximate surface area is 81.9 Å². The first kappa shape index (κ1) is 13.7. The molecule has 0 unspecified atom stereocenters. The van der Waals surface area contributed by atoms with Crippen LogP contribution in [0.3, 0.4) is 0 Å². The lowest BCUT2D eigenvalue weighted by Gasteiger charge is -2.20. The van der Waals surface area contributed by atoms with E-state index in [9.17, 15) is 21.6 Å². The first-order chi connectivity index (χ1) is 6.07. The molecule has 0 radical (unpaired) electrons. The van der Waals surface area contributed by atoms with E-state index >= 15 is 0 Å². The van der Waals surface area contributed by atoms with Gasteiger partial charge in [0.1, 0.15) is 0 Å². The van der Waals surface area contributed by atoms with Crippen LogP contribution in [0.25, 0.3) is 0 Å². The molecule has 0 aliphatic heterocycles. The van der Waals surface area contributed by atoms with Crippen LogP contribution in [-0.4, -0.2) is 37.7 Å². The molecule has 0 bridgehead atoms. The van der Waals surface area contributed by atoms with Crippen molar-refractivity contribution in [2.45, 2.75) is 31.7 Å². The summed E-state index contributed by atoms with van der Waals surface area (Å²) in [5.41, 5.74) is 0. The molecule has 0 aromatic heterocycles. The highest BCUT2D eigenvalue weighted by molar-refractivity contribution is 7.89. The van der Waals surface area contributed by atoms with Gasteiger partial charge < -0.3 is 0 Å². The third-order valence-electron chi connectivity index (χ3n) is 1.74. The molecule has 0 aromatic rings. The molecule has 0 saturated carbocycles. The molecule has 3 nitrogen and oxygen atoms in total. The summed E-state index contributed by atoms with van der Waals surface area (Å²) >= 11 is 0. The summed E-state index contributed by atoms with van der Waals surface area (Å²) in [7, 11) is -2.41. The monoisotopic (exact) mass is 233 g/mol. The standard InChI is InChI=1S/C7H14F3NO2S/c1-6(2)14(12,13)11(3)5-4-7(8,9)10/h6H,4-5H2,1-3H3. The Morgan fingerprint density at radius 1 is 1.29 bits per heavy atom. The summed E-state index contributed by atoms with van der Waals surface area (Å²) in [5, 5.41) is -0.694. The minimum Gasteiger partial charge on any atom is -0.212 e. The molecule has 0 spiro atoms. The predicted octanol–water partition coefficient (Wildman–Crippen LogP) is 1.61. The largest absolute Gasteiger partial charge is 0.390 e. The van der Waals surface area contributed by atoms with E-state index in [2.05, 4.69) is 0 Å². The van der Waals surface area contributed by atoms with Gasteiger partial charge >= 0.3 is 6.18 Å². The van der Waals surface area contributed by atoms with Gasteiger partial charge in [0.05, 0.1) is 11.7 Å². The molecule has 0 atom stereocenters. The van der Waals surface area contributed by atoms with Crippen LogP contribution in [0, 0.1) is 0 Å². The summed E-state index contributed by atoms with van der Waals surface area (Å²) in [4.78, 5) is 0. The second-order valence-electron chi connectivity index (χ2n) is 3.28. The fourth-order valence-corrected chi connectivity index (χ4v) is 1.84. The maximum Gasteiger partial charge on any atom is 0.390 e. The quantitative estimate of drug-likeness (QED) is 0.739. The molecule has 0 N–H and O–H groups in total. The lowest BCUT2D eigenvalue weighted by molar-refractivity contribution is -0.135. The van der Waals surface area contributed by atoms with Crippen LogP contribution in [0.1, 0.15) is 20.3 Å². The van der Waals surface area contributed by atoms with Crippen molar-refractivity contribution in [3.05, 3.63) is 0 Å². The van der Waals surface area contributed by atoms with E-state index in [0.29, 0.717) is 0 Å². The predicted molar refractivity (Wildman–Crippen MR) is 47.4 cm³/mol. The van der Waals surface area contributed by atoms with Crippen molar-refractivity contribution in [1.29, 1.82) is 0 Å². The summed E-state index contributed by atoms with van der Waals surface area (Å²) in [6, 6.07) is 0. The van der Waals surface area contributed by atoms with Crippen molar-refractivity contribution in [1.82, 2.24) is 4.31 Å². The Morgan fingerprint density at radius 3 is 2.00 bits per heavy atom. The molecule has 0 aliphatic carbocycles. The summed E-state index contributed by atoms with van der Waals surface area (Å²) in [6.45, 7) is 2.34. The molecule has 0 fully saturated rings. The van der Waals surface area contributed by atoms with Crippen LogP contribution >= 0.6 is 0 Å². The van der Waals surface area contributed by atoms with Crippen molar-refractivity contribution in [2.24, 2.45) is 0 Å². The minimum absolute atomic E-state index is 0.524. The van der Waals surface area contributed by atoms with Gasteiger partial charge in [-0.25, -0.2) is 12.7 Å². The fraction of sp³-hybridized carbons (Fsp3) is 1.00. The van der Waals surface area contributed by atoms with Crippen molar-refractivity contribution >= 4 is 10.0 Å². The first-order valence-corrected chi connectivity index (χ1v) is 5.59. The van der Waals surface area contributed by atoms with E-state index < -0.39 is 34.4 Å². The molecular weight excluding hydrogens is 219 g/mol. The van der Waals surface area contributed by atoms with Crippen molar-refractivity contribution in [3.63, 3.8) is 0 Å². The molecule has 14 heavy (non-hydrogen) atoms. The first-order valence-electron chi connectivity index (χ1n) is 4.09.